The maximum atomic E-state index is 11.5. The Balaban J connectivity index is 3.95. The van der Waals surface area contributed by atoms with Crippen LogP contribution in [-0.4, -0.2) is 13.2 Å². The molecule has 0 saturated heterocycles. The van der Waals surface area contributed by atoms with Crippen LogP contribution in [0.5, 0.6) is 0 Å². The zero-order valence-electron chi connectivity index (χ0n) is 7.36. The van der Waals surface area contributed by atoms with Gasteiger partial charge in [0.15, 0.2) is 0 Å². The van der Waals surface area contributed by atoms with Gasteiger partial charge in [-0.1, -0.05) is 19.6 Å². The number of hydrogen-bond acceptors (Lipinski definition) is 3. The average Bonchev–Trinajstić information content (AvgIpc) is 2.11. The van der Waals surface area contributed by atoms with E-state index in [-0.39, 0.29) is 6.61 Å². The maximum absolute atomic E-state index is 11.5. The molecule has 1 atom stereocenters. The third-order valence-electron chi connectivity index (χ3n) is 1.07. The van der Waals surface area contributed by atoms with Gasteiger partial charge in [-0.2, -0.15) is 0 Å². The van der Waals surface area contributed by atoms with E-state index in [0.717, 1.165) is 6.42 Å². The first-order chi connectivity index (χ1) is 5.68. The first-order valence-corrected chi connectivity index (χ1v) is 5.43. The molecule has 0 saturated carbocycles. The second kappa shape index (κ2) is 6.18. The normalized spacial score (nSPS) is 15.1. The molecule has 70 valence electrons. The summed E-state index contributed by atoms with van der Waals surface area (Å²) in [6, 6.07) is 0. The average molecular weight is 190 g/mol. The van der Waals surface area contributed by atoms with E-state index in [2.05, 4.69) is 13.2 Å². The molecular formula is C8H15O3P. The van der Waals surface area contributed by atoms with Gasteiger partial charge in [-0.05, 0) is 6.42 Å². The fourth-order valence-electron chi connectivity index (χ4n) is 0.518. The monoisotopic (exact) mass is 190 g/mol. The Hall–Kier alpha value is -0.370. The molecule has 12 heavy (non-hydrogen) atoms. The lowest BCUT2D eigenvalue weighted by atomic mass is 10.5. The molecule has 0 aromatic heterocycles. The summed E-state index contributed by atoms with van der Waals surface area (Å²) in [6.07, 6.45) is 2.32. The van der Waals surface area contributed by atoms with Gasteiger partial charge < -0.3 is 9.05 Å². The van der Waals surface area contributed by atoms with Crippen molar-refractivity contribution in [2.45, 2.75) is 13.3 Å². The minimum Gasteiger partial charge on any atom is -0.306 e. The summed E-state index contributed by atoms with van der Waals surface area (Å²) in [4.78, 5) is 0. The second-order valence-electron chi connectivity index (χ2n) is 2.14. The van der Waals surface area contributed by atoms with Gasteiger partial charge in [0.05, 0.1) is 13.2 Å². The zero-order chi connectivity index (χ0) is 9.45. The van der Waals surface area contributed by atoms with Crippen molar-refractivity contribution in [3.8, 4) is 0 Å². The number of hydrogen-bond donors (Lipinski definition) is 0. The van der Waals surface area contributed by atoms with Crippen LogP contribution in [0.4, 0.5) is 0 Å². The van der Waals surface area contributed by atoms with Crippen LogP contribution >= 0.6 is 7.60 Å². The molecule has 0 heterocycles. The summed E-state index contributed by atoms with van der Waals surface area (Å²) in [7, 11) is -3.04. The van der Waals surface area contributed by atoms with E-state index in [1.165, 1.54) is 11.9 Å². The molecule has 0 aliphatic rings. The van der Waals surface area contributed by atoms with Crippen LogP contribution in [0.3, 0.4) is 0 Å². The summed E-state index contributed by atoms with van der Waals surface area (Å²) in [5.41, 5.74) is 0. The third-order valence-corrected chi connectivity index (χ3v) is 2.57. The zero-order valence-corrected chi connectivity index (χ0v) is 8.26. The lowest BCUT2D eigenvalue weighted by molar-refractivity contribution is 0.228. The summed E-state index contributed by atoms with van der Waals surface area (Å²) in [5, 5.41) is 0. The van der Waals surface area contributed by atoms with Gasteiger partial charge in [-0.15, -0.1) is 6.58 Å². The Kier molecular flexibility index (Phi) is 5.99. The topological polar surface area (TPSA) is 35.5 Å². The summed E-state index contributed by atoms with van der Waals surface area (Å²) in [5.74, 6) is 1.21. The van der Waals surface area contributed by atoms with Crippen molar-refractivity contribution in [1.29, 1.82) is 0 Å². The van der Waals surface area contributed by atoms with Crippen LogP contribution < -0.4 is 0 Å². The van der Waals surface area contributed by atoms with Crippen molar-refractivity contribution in [2.24, 2.45) is 0 Å². The van der Waals surface area contributed by atoms with E-state index in [0.29, 0.717) is 6.61 Å². The van der Waals surface area contributed by atoms with Crippen molar-refractivity contribution in [1.82, 2.24) is 0 Å². The van der Waals surface area contributed by atoms with Gasteiger partial charge in [-0.3, -0.25) is 4.57 Å². The molecule has 0 bridgehead atoms. The number of rotatable bonds is 7. The Morgan fingerprint density at radius 2 is 2.08 bits per heavy atom. The van der Waals surface area contributed by atoms with Gasteiger partial charge >= 0.3 is 7.60 Å². The van der Waals surface area contributed by atoms with E-state index in [4.69, 9.17) is 9.05 Å². The summed E-state index contributed by atoms with van der Waals surface area (Å²) >= 11 is 0. The first kappa shape index (κ1) is 11.6. The quantitative estimate of drug-likeness (QED) is 0.457. The van der Waals surface area contributed by atoms with Crippen molar-refractivity contribution in [3.05, 3.63) is 25.1 Å². The SMILES string of the molecule is C=CCOP(=O)(C=C)OCCC. The minimum absolute atomic E-state index is 0.215. The molecule has 4 heteroatoms. The molecule has 0 fully saturated rings. The fraction of sp³-hybridized carbons (Fsp3) is 0.500. The summed E-state index contributed by atoms with van der Waals surface area (Å²) in [6.45, 7) is 9.40. The highest BCUT2D eigenvalue weighted by atomic mass is 31.2. The van der Waals surface area contributed by atoms with Gasteiger partial charge in [0.2, 0.25) is 0 Å². The lowest BCUT2D eigenvalue weighted by Crippen LogP contribution is -1.94. The van der Waals surface area contributed by atoms with Crippen LogP contribution in [0, 0.1) is 0 Å². The van der Waals surface area contributed by atoms with Crippen LogP contribution in [-0.2, 0) is 13.6 Å². The van der Waals surface area contributed by atoms with Crippen LogP contribution in [0.15, 0.2) is 25.1 Å². The lowest BCUT2D eigenvalue weighted by Gasteiger charge is -2.12. The molecule has 0 aliphatic heterocycles. The van der Waals surface area contributed by atoms with Gasteiger partial charge in [-0.25, -0.2) is 0 Å². The Morgan fingerprint density at radius 1 is 1.42 bits per heavy atom. The van der Waals surface area contributed by atoms with Gasteiger partial charge in [0, 0.05) is 5.82 Å². The molecule has 0 radical (unpaired) electrons. The molecule has 0 rings (SSSR count). The maximum Gasteiger partial charge on any atom is 0.353 e. The molecule has 1 unspecified atom stereocenters. The molecular weight excluding hydrogens is 175 g/mol. The van der Waals surface area contributed by atoms with Gasteiger partial charge in [0.1, 0.15) is 0 Å². The van der Waals surface area contributed by atoms with E-state index in [1.807, 2.05) is 6.92 Å². The van der Waals surface area contributed by atoms with E-state index in [9.17, 15) is 4.57 Å². The first-order valence-electron chi connectivity index (χ1n) is 3.82. The molecule has 0 aromatic rings. The molecule has 3 nitrogen and oxygen atoms in total. The molecule has 0 N–H and O–H groups in total. The predicted octanol–water partition coefficient (Wildman–Crippen LogP) is 2.95. The minimum atomic E-state index is -3.04. The van der Waals surface area contributed by atoms with E-state index >= 15 is 0 Å². The Bertz CT molecular complexity index is 189. The summed E-state index contributed by atoms with van der Waals surface area (Å²) < 4.78 is 21.4. The van der Waals surface area contributed by atoms with Crippen molar-refractivity contribution >= 4 is 7.60 Å². The highest BCUT2D eigenvalue weighted by Crippen LogP contribution is 2.49. The van der Waals surface area contributed by atoms with Crippen LogP contribution in [0.25, 0.3) is 0 Å². The van der Waals surface area contributed by atoms with Crippen molar-refractivity contribution in [2.75, 3.05) is 13.2 Å². The fourth-order valence-corrected chi connectivity index (χ4v) is 1.55. The van der Waals surface area contributed by atoms with Crippen LogP contribution in [0.2, 0.25) is 0 Å². The van der Waals surface area contributed by atoms with Crippen molar-refractivity contribution < 1.29 is 13.6 Å². The van der Waals surface area contributed by atoms with Crippen LogP contribution in [0.1, 0.15) is 13.3 Å². The predicted molar refractivity (Wildman–Crippen MR) is 50.2 cm³/mol. The highest BCUT2D eigenvalue weighted by Gasteiger charge is 2.17. The Labute approximate surface area is 73.6 Å². The molecule has 0 aliphatic carbocycles. The molecule has 0 amide bonds. The van der Waals surface area contributed by atoms with Crippen molar-refractivity contribution in [3.63, 3.8) is 0 Å². The van der Waals surface area contributed by atoms with E-state index < -0.39 is 7.60 Å². The highest BCUT2D eigenvalue weighted by molar-refractivity contribution is 7.57. The smallest absolute Gasteiger partial charge is 0.306 e. The largest absolute Gasteiger partial charge is 0.353 e. The Morgan fingerprint density at radius 3 is 2.50 bits per heavy atom. The molecule has 0 aromatic carbocycles. The second-order valence-corrected chi connectivity index (χ2v) is 4.10. The standard InChI is InChI=1S/C8H15O3P/c1-4-7-10-12(9,6-3)11-8-5-2/h4,6H,1,3,5,7-8H2,2H3. The third kappa shape index (κ3) is 4.50. The van der Waals surface area contributed by atoms with Gasteiger partial charge in [0.25, 0.3) is 0 Å². The van der Waals surface area contributed by atoms with E-state index in [1.54, 1.807) is 0 Å². The molecule has 0 spiro atoms.